The van der Waals surface area contributed by atoms with Gasteiger partial charge < -0.3 is 14.6 Å². The molecule has 3 heterocycles. The van der Waals surface area contributed by atoms with Crippen molar-refractivity contribution < 1.29 is 14.1 Å². The first-order valence-electron chi connectivity index (χ1n) is 10.5. The smallest absolute Gasteiger partial charge is 0.273 e. The van der Waals surface area contributed by atoms with E-state index in [0.717, 1.165) is 54.9 Å². The Balaban J connectivity index is 1.17. The van der Waals surface area contributed by atoms with E-state index in [2.05, 4.69) is 39.6 Å². The van der Waals surface area contributed by atoms with Gasteiger partial charge in [0.25, 0.3) is 5.91 Å². The van der Waals surface area contributed by atoms with Crippen LogP contribution in [0, 0.1) is 6.92 Å². The summed E-state index contributed by atoms with van der Waals surface area (Å²) in [4.78, 5) is 15.1. The van der Waals surface area contributed by atoms with E-state index in [4.69, 9.17) is 9.26 Å². The summed E-state index contributed by atoms with van der Waals surface area (Å²) in [6.07, 6.45) is 1.99. The number of rotatable bonds is 5. The van der Waals surface area contributed by atoms with Crippen molar-refractivity contribution in [1.82, 2.24) is 15.4 Å². The van der Waals surface area contributed by atoms with Crippen LogP contribution in [0.25, 0.3) is 11.3 Å². The van der Waals surface area contributed by atoms with E-state index in [1.165, 1.54) is 11.1 Å². The molecule has 0 spiro atoms. The number of carbonyl (C=O) groups is 1. The quantitative estimate of drug-likeness (QED) is 0.658. The highest BCUT2D eigenvalue weighted by Gasteiger charge is 2.28. The lowest BCUT2D eigenvalue weighted by Crippen LogP contribution is -2.34. The van der Waals surface area contributed by atoms with Crippen molar-refractivity contribution in [3.8, 4) is 17.1 Å². The van der Waals surface area contributed by atoms with E-state index < -0.39 is 0 Å². The number of nitrogens with zero attached hydrogens (tertiary/aromatic N) is 2. The molecule has 1 aromatic heterocycles. The van der Waals surface area contributed by atoms with Crippen molar-refractivity contribution in [2.45, 2.75) is 32.9 Å². The fourth-order valence-corrected chi connectivity index (χ4v) is 4.26. The lowest BCUT2D eigenvalue weighted by Gasteiger charge is -2.28. The maximum Gasteiger partial charge on any atom is 0.273 e. The molecule has 0 aliphatic carbocycles. The molecule has 30 heavy (non-hydrogen) atoms. The molecular weight excluding hydrogens is 378 g/mol. The molecule has 0 saturated heterocycles. The third-order valence-corrected chi connectivity index (χ3v) is 5.90. The van der Waals surface area contributed by atoms with E-state index in [1.807, 2.05) is 25.1 Å². The van der Waals surface area contributed by atoms with Crippen LogP contribution in [-0.2, 0) is 19.6 Å². The van der Waals surface area contributed by atoms with Crippen molar-refractivity contribution in [3.63, 3.8) is 0 Å². The van der Waals surface area contributed by atoms with Crippen LogP contribution in [0.1, 0.15) is 39.2 Å². The predicted molar refractivity (Wildman–Crippen MR) is 113 cm³/mol. The average Bonchev–Trinajstić information content (AvgIpc) is 3.21. The van der Waals surface area contributed by atoms with Crippen molar-refractivity contribution in [3.05, 3.63) is 70.4 Å². The second kappa shape index (κ2) is 7.95. The number of aryl methyl sites for hydroxylation is 1. The number of hydrogen-bond donors (Lipinski definition) is 1. The first-order valence-corrected chi connectivity index (χ1v) is 10.5. The lowest BCUT2D eigenvalue weighted by molar-refractivity contribution is 0.0940. The predicted octanol–water partition coefficient (Wildman–Crippen LogP) is 3.72. The number of fused-ring (bicyclic) bond motifs is 4. The van der Waals surface area contributed by atoms with E-state index in [1.54, 1.807) is 0 Å². The second-order valence-electron chi connectivity index (χ2n) is 8.03. The minimum absolute atomic E-state index is 0.205. The third kappa shape index (κ3) is 3.59. The largest absolute Gasteiger partial charge is 0.488 e. The molecule has 0 unspecified atom stereocenters. The zero-order chi connectivity index (χ0) is 20.5. The fraction of sp³-hybridized carbons (Fsp3) is 0.333. The summed E-state index contributed by atoms with van der Waals surface area (Å²) >= 11 is 0. The highest BCUT2D eigenvalue weighted by Crippen LogP contribution is 2.39. The molecule has 0 atom stereocenters. The zero-order valence-electron chi connectivity index (χ0n) is 17.1. The molecule has 2 aromatic carbocycles. The first kappa shape index (κ1) is 18.9. The SMILES string of the molecule is Cc1ccc2c(c1)-c1onc(C(=O)NCCCN3CCc4ccccc4C3)c1CO2. The van der Waals surface area contributed by atoms with E-state index in [-0.39, 0.29) is 5.91 Å². The first-order chi connectivity index (χ1) is 14.7. The van der Waals surface area contributed by atoms with Crippen LogP contribution in [0.5, 0.6) is 5.75 Å². The van der Waals surface area contributed by atoms with Gasteiger partial charge in [0.1, 0.15) is 12.4 Å². The standard InChI is InChI=1S/C24H25N3O3/c1-16-7-8-21-19(13-16)23-20(15-29-21)22(26-30-23)24(28)25-10-4-11-27-12-9-17-5-2-3-6-18(17)14-27/h2-3,5-8,13H,4,9-12,14-15H2,1H3,(H,25,28). The maximum absolute atomic E-state index is 12.7. The van der Waals surface area contributed by atoms with Gasteiger partial charge in [-0.25, -0.2) is 0 Å². The Morgan fingerprint density at radius 2 is 2.07 bits per heavy atom. The summed E-state index contributed by atoms with van der Waals surface area (Å²) in [5.74, 6) is 1.19. The number of aromatic nitrogens is 1. The molecule has 3 aromatic rings. The number of carbonyl (C=O) groups excluding carboxylic acids is 1. The van der Waals surface area contributed by atoms with Gasteiger partial charge in [-0.05, 0) is 43.0 Å². The van der Waals surface area contributed by atoms with Crippen LogP contribution in [0.4, 0.5) is 0 Å². The second-order valence-corrected chi connectivity index (χ2v) is 8.03. The van der Waals surface area contributed by atoms with Crippen LogP contribution >= 0.6 is 0 Å². The lowest BCUT2D eigenvalue weighted by atomic mass is 10.00. The Morgan fingerprint density at radius 3 is 2.97 bits per heavy atom. The van der Waals surface area contributed by atoms with Crippen LogP contribution in [0.15, 0.2) is 47.0 Å². The normalized spacial score (nSPS) is 15.0. The molecule has 0 saturated carbocycles. The fourth-order valence-electron chi connectivity index (χ4n) is 4.26. The minimum atomic E-state index is -0.205. The molecule has 5 rings (SSSR count). The Bertz CT molecular complexity index is 1090. The molecule has 0 fully saturated rings. The van der Waals surface area contributed by atoms with Gasteiger partial charge in [0, 0.05) is 26.2 Å². The number of nitrogens with one attached hydrogen (secondary N) is 1. The molecule has 2 aliphatic heterocycles. The Morgan fingerprint density at radius 1 is 1.20 bits per heavy atom. The average molecular weight is 403 g/mol. The summed E-state index contributed by atoms with van der Waals surface area (Å²) < 4.78 is 11.3. The number of benzene rings is 2. The molecular formula is C24H25N3O3. The van der Waals surface area contributed by atoms with Crippen molar-refractivity contribution in [2.75, 3.05) is 19.6 Å². The third-order valence-electron chi connectivity index (χ3n) is 5.90. The topological polar surface area (TPSA) is 67.6 Å². The number of ether oxygens (including phenoxy) is 1. The molecule has 0 bridgehead atoms. The summed E-state index contributed by atoms with van der Waals surface area (Å²) in [6.45, 7) is 5.93. The molecule has 1 amide bonds. The van der Waals surface area contributed by atoms with E-state index >= 15 is 0 Å². The van der Waals surface area contributed by atoms with Gasteiger partial charge in [-0.3, -0.25) is 9.69 Å². The van der Waals surface area contributed by atoms with Crippen LogP contribution in [-0.4, -0.2) is 35.6 Å². The van der Waals surface area contributed by atoms with E-state index in [0.29, 0.717) is 24.6 Å². The maximum atomic E-state index is 12.7. The van der Waals surface area contributed by atoms with Gasteiger partial charge in [0.05, 0.1) is 11.1 Å². The molecule has 6 heteroatoms. The summed E-state index contributed by atoms with van der Waals surface area (Å²) in [5.41, 5.74) is 5.87. The van der Waals surface area contributed by atoms with Gasteiger partial charge in [0.2, 0.25) is 0 Å². The Hall–Kier alpha value is -3.12. The van der Waals surface area contributed by atoms with Crippen LogP contribution in [0.3, 0.4) is 0 Å². The monoisotopic (exact) mass is 403 g/mol. The van der Waals surface area contributed by atoms with Gasteiger partial charge in [-0.1, -0.05) is 41.1 Å². The highest BCUT2D eigenvalue weighted by molar-refractivity contribution is 5.95. The zero-order valence-corrected chi connectivity index (χ0v) is 17.1. The van der Waals surface area contributed by atoms with Gasteiger partial charge in [-0.15, -0.1) is 0 Å². The van der Waals surface area contributed by atoms with E-state index in [9.17, 15) is 4.79 Å². The molecule has 2 aliphatic rings. The van der Waals surface area contributed by atoms with Crippen LogP contribution < -0.4 is 10.1 Å². The van der Waals surface area contributed by atoms with Crippen molar-refractivity contribution >= 4 is 5.91 Å². The van der Waals surface area contributed by atoms with Crippen LogP contribution in [0.2, 0.25) is 0 Å². The van der Waals surface area contributed by atoms with Gasteiger partial charge in [0.15, 0.2) is 11.5 Å². The van der Waals surface area contributed by atoms with Gasteiger partial charge in [-0.2, -0.15) is 0 Å². The Labute approximate surface area is 175 Å². The van der Waals surface area contributed by atoms with Gasteiger partial charge >= 0.3 is 0 Å². The summed E-state index contributed by atoms with van der Waals surface area (Å²) in [7, 11) is 0. The molecule has 0 radical (unpaired) electrons. The summed E-state index contributed by atoms with van der Waals surface area (Å²) in [5, 5.41) is 7.03. The number of hydrogen-bond acceptors (Lipinski definition) is 5. The molecule has 6 nitrogen and oxygen atoms in total. The summed E-state index contributed by atoms with van der Waals surface area (Å²) in [6, 6.07) is 14.6. The molecule has 154 valence electrons. The van der Waals surface area contributed by atoms with Crippen molar-refractivity contribution in [2.24, 2.45) is 0 Å². The molecule has 1 N–H and O–H groups in total. The van der Waals surface area contributed by atoms with Crippen molar-refractivity contribution in [1.29, 1.82) is 0 Å². The number of amides is 1. The highest BCUT2D eigenvalue weighted by atomic mass is 16.5. The Kier molecular flexibility index (Phi) is 5.01. The minimum Gasteiger partial charge on any atom is -0.488 e.